The molecule has 1 aromatic heterocycles. The summed E-state index contributed by atoms with van der Waals surface area (Å²) in [6.45, 7) is 9.42. The minimum atomic E-state index is -0.172. The summed E-state index contributed by atoms with van der Waals surface area (Å²) < 4.78 is 6.81. The lowest BCUT2D eigenvalue weighted by molar-refractivity contribution is 0.0818. The van der Waals surface area contributed by atoms with E-state index in [2.05, 4.69) is 40.0 Å². The van der Waals surface area contributed by atoms with Crippen molar-refractivity contribution < 1.29 is 14.3 Å². The van der Waals surface area contributed by atoms with Crippen LogP contribution in [-0.4, -0.2) is 83.9 Å². The van der Waals surface area contributed by atoms with Gasteiger partial charge in [0.1, 0.15) is 5.69 Å². The fraction of sp³-hybridized carbons (Fsp3) is 0.542. The van der Waals surface area contributed by atoms with Crippen LogP contribution >= 0.6 is 0 Å². The number of piperazine rings is 1. The molecule has 2 aliphatic heterocycles. The van der Waals surface area contributed by atoms with Crippen LogP contribution in [0.25, 0.3) is 0 Å². The third-order valence-electron chi connectivity index (χ3n) is 6.54. The molecule has 0 saturated carbocycles. The second-order valence-electron chi connectivity index (χ2n) is 8.80. The number of aryl methyl sites for hydroxylation is 1. The molecule has 1 aromatic carbocycles. The fourth-order valence-corrected chi connectivity index (χ4v) is 4.54. The van der Waals surface area contributed by atoms with Crippen LogP contribution < -0.4 is 4.90 Å². The van der Waals surface area contributed by atoms with Crippen molar-refractivity contribution in [3.63, 3.8) is 0 Å². The van der Waals surface area contributed by atoms with Crippen molar-refractivity contribution in [1.82, 2.24) is 19.6 Å². The van der Waals surface area contributed by atoms with Gasteiger partial charge >= 0.3 is 6.03 Å². The number of carbonyl (C=O) groups excluding carboxylic acids is 2. The van der Waals surface area contributed by atoms with E-state index in [-0.39, 0.29) is 11.8 Å². The van der Waals surface area contributed by atoms with Gasteiger partial charge in [0.2, 0.25) is 0 Å². The molecule has 1 amide bonds. The van der Waals surface area contributed by atoms with Crippen molar-refractivity contribution in [2.45, 2.75) is 39.3 Å². The minimum Gasteiger partial charge on any atom is -0.381 e. The van der Waals surface area contributed by atoms with Gasteiger partial charge in [-0.3, -0.25) is 9.69 Å². The first-order valence-corrected chi connectivity index (χ1v) is 11.4. The summed E-state index contributed by atoms with van der Waals surface area (Å²) in [7, 11) is 1.80. The maximum atomic E-state index is 12.7. The number of ketones is 1. The van der Waals surface area contributed by atoms with E-state index in [1.54, 1.807) is 24.3 Å². The van der Waals surface area contributed by atoms with Crippen LogP contribution in [0.15, 0.2) is 30.5 Å². The van der Waals surface area contributed by atoms with E-state index in [9.17, 15) is 9.59 Å². The van der Waals surface area contributed by atoms with Gasteiger partial charge in [-0.1, -0.05) is 12.1 Å². The van der Waals surface area contributed by atoms with Crippen LogP contribution in [0.2, 0.25) is 0 Å². The summed E-state index contributed by atoms with van der Waals surface area (Å²) >= 11 is 0. The first-order valence-electron chi connectivity index (χ1n) is 11.4. The molecule has 0 aliphatic carbocycles. The highest BCUT2D eigenvalue weighted by atomic mass is 16.5. The molecular formula is C24H33N5O3. The number of Topliss-reactive ketones (excluding diaryl/α,β-unsaturated/α-hetero) is 1. The molecule has 8 heteroatoms. The first-order chi connectivity index (χ1) is 15.4. The molecule has 32 heavy (non-hydrogen) atoms. The maximum absolute atomic E-state index is 12.7. The number of rotatable bonds is 5. The molecule has 0 N–H and O–H groups in total. The number of nitrogens with zero attached hydrogens (tertiary/aromatic N) is 5. The quantitative estimate of drug-likeness (QED) is 0.668. The number of benzene rings is 1. The molecule has 0 radical (unpaired) electrons. The van der Waals surface area contributed by atoms with Gasteiger partial charge in [-0.15, -0.1) is 0 Å². The van der Waals surface area contributed by atoms with Gasteiger partial charge in [-0.2, -0.15) is 9.78 Å². The molecule has 0 atom stereocenters. The van der Waals surface area contributed by atoms with Gasteiger partial charge in [0.25, 0.3) is 0 Å². The Hall–Kier alpha value is -2.71. The molecule has 172 valence electrons. The highest BCUT2D eigenvalue weighted by molar-refractivity contribution is 5.92. The average Bonchev–Trinajstić information content (AvgIpc) is 3.31. The lowest BCUT2D eigenvalue weighted by Gasteiger charge is -2.37. The largest absolute Gasteiger partial charge is 0.381 e. The van der Waals surface area contributed by atoms with E-state index in [0.29, 0.717) is 24.9 Å². The second-order valence-corrected chi connectivity index (χ2v) is 8.80. The molecule has 2 aliphatic rings. The van der Waals surface area contributed by atoms with E-state index in [4.69, 9.17) is 4.74 Å². The fourth-order valence-electron chi connectivity index (χ4n) is 4.54. The first kappa shape index (κ1) is 22.5. The molecule has 3 heterocycles. The summed E-state index contributed by atoms with van der Waals surface area (Å²) in [5.41, 5.74) is 4.26. The van der Waals surface area contributed by atoms with E-state index >= 15 is 0 Å². The number of aromatic nitrogens is 2. The van der Waals surface area contributed by atoms with Crippen molar-refractivity contribution >= 4 is 17.5 Å². The average molecular weight is 440 g/mol. The number of ether oxygens (including phenoxy) is 1. The Morgan fingerprint density at radius 3 is 2.41 bits per heavy atom. The Morgan fingerprint density at radius 2 is 1.78 bits per heavy atom. The van der Waals surface area contributed by atoms with Gasteiger partial charge in [0.05, 0.1) is 6.10 Å². The Bertz CT molecular complexity index is 956. The van der Waals surface area contributed by atoms with Crippen LogP contribution in [0.4, 0.5) is 10.5 Å². The van der Waals surface area contributed by atoms with E-state index in [0.717, 1.165) is 45.6 Å². The highest BCUT2D eigenvalue weighted by Crippen LogP contribution is 2.28. The molecule has 8 nitrogen and oxygen atoms in total. The monoisotopic (exact) mass is 439 g/mol. The van der Waals surface area contributed by atoms with E-state index in [1.165, 1.54) is 28.4 Å². The molecule has 0 bridgehead atoms. The lowest BCUT2D eigenvalue weighted by atomic mass is 10.0. The summed E-state index contributed by atoms with van der Waals surface area (Å²) in [5.74, 6) is -0.137. The molecule has 0 spiro atoms. The smallest absolute Gasteiger partial charge is 0.344 e. The van der Waals surface area contributed by atoms with Crippen LogP contribution in [-0.2, 0) is 11.3 Å². The zero-order chi connectivity index (χ0) is 22.7. The molecule has 4 rings (SSSR count). The third kappa shape index (κ3) is 5.02. The Labute approximate surface area is 189 Å². The third-order valence-corrected chi connectivity index (χ3v) is 6.54. The van der Waals surface area contributed by atoms with Crippen molar-refractivity contribution in [3.05, 3.63) is 47.3 Å². The topological polar surface area (TPSA) is 70.9 Å². The maximum Gasteiger partial charge on any atom is 0.344 e. The van der Waals surface area contributed by atoms with Crippen LogP contribution in [0.3, 0.4) is 0 Å². The molecule has 2 saturated heterocycles. The van der Waals surface area contributed by atoms with Crippen molar-refractivity contribution in [2.24, 2.45) is 0 Å². The number of hydrogen-bond acceptors (Lipinski definition) is 6. The number of hydrogen-bond donors (Lipinski definition) is 0. The predicted octanol–water partition coefficient (Wildman–Crippen LogP) is 2.80. The number of amides is 1. The van der Waals surface area contributed by atoms with E-state index in [1.807, 2.05) is 0 Å². The van der Waals surface area contributed by atoms with Crippen LogP contribution in [0, 0.1) is 6.92 Å². The Balaban J connectivity index is 1.37. The number of carbonyl (C=O) groups is 2. The van der Waals surface area contributed by atoms with Gasteiger partial charge in [0, 0.05) is 71.7 Å². The van der Waals surface area contributed by atoms with Crippen molar-refractivity contribution in [2.75, 3.05) is 51.3 Å². The zero-order valence-corrected chi connectivity index (χ0v) is 19.3. The number of methoxy groups -OCH3 is 1. The number of anilines is 1. The summed E-state index contributed by atoms with van der Waals surface area (Å²) in [4.78, 5) is 30.9. The lowest BCUT2D eigenvalue weighted by Crippen LogP contribution is -2.49. The SMILES string of the molecule is COC1CCN(c2cc(C)ccc2CN2CCN(C(=O)n3ccc(C(C)=O)n3)CC2)CC1. The summed E-state index contributed by atoms with van der Waals surface area (Å²) in [5, 5.41) is 4.10. The van der Waals surface area contributed by atoms with Gasteiger partial charge in [0.15, 0.2) is 5.78 Å². The molecule has 0 unspecified atom stereocenters. The Morgan fingerprint density at radius 1 is 1.06 bits per heavy atom. The minimum absolute atomic E-state index is 0.137. The normalized spacial score (nSPS) is 18.2. The number of piperidine rings is 1. The van der Waals surface area contributed by atoms with Crippen molar-refractivity contribution in [3.8, 4) is 0 Å². The molecular weight excluding hydrogens is 406 g/mol. The predicted molar refractivity (Wildman–Crippen MR) is 123 cm³/mol. The van der Waals surface area contributed by atoms with Gasteiger partial charge in [-0.05, 0) is 43.0 Å². The Kier molecular flexibility index (Phi) is 6.91. The standard InChI is InChI=1S/C24H33N5O3/c1-18-4-5-20(23(16-18)27-9-6-21(32-3)7-10-27)17-26-12-14-28(15-13-26)24(31)29-11-8-22(25-29)19(2)30/h4-5,8,11,16,21H,6-7,9-10,12-15,17H2,1-3H3. The summed E-state index contributed by atoms with van der Waals surface area (Å²) in [6.07, 6.45) is 4.05. The van der Waals surface area contributed by atoms with Gasteiger partial charge < -0.3 is 14.5 Å². The van der Waals surface area contributed by atoms with Crippen LogP contribution in [0.1, 0.15) is 41.4 Å². The van der Waals surface area contributed by atoms with Gasteiger partial charge in [-0.25, -0.2) is 4.79 Å². The molecule has 2 aromatic rings. The van der Waals surface area contributed by atoms with Crippen LogP contribution in [0.5, 0.6) is 0 Å². The summed E-state index contributed by atoms with van der Waals surface area (Å²) in [6, 6.07) is 8.15. The zero-order valence-electron chi connectivity index (χ0n) is 19.3. The molecule has 2 fully saturated rings. The van der Waals surface area contributed by atoms with E-state index < -0.39 is 0 Å². The van der Waals surface area contributed by atoms with Crippen molar-refractivity contribution in [1.29, 1.82) is 0 Å². The highest BCUT2D eigenvalue weighted by Gasteiger charge is 2.25. The second kappa shape index (κ2) is 9.83.